The minimum Gasteiger partial charge on any atom is -0.357 e. The summed E-state index contributed by atoms with van der Waals surface area (Å²) in [5.74, 6) is 0.789. The molecule has 1 aromatic rings. The van der Waals surface area contributed by atoms with E-state index in [9.17, 15) is 0 Å². The Morgan fingerprint density at radius 2 is 2.26 bits per heavy atom. The van der Waals surface area contributed by atoms with E-state index in [0.29, 0.717) is 13.1 Å². The summed E-state index contributed by atoms with van der Waals surface area (Å²) in [5.41, 5.74) is 0.986. The van der Waals surface area contributed by atoms with Crippen molar-refractivity contribution in [3.05, 3.63) is 23.7 Å². The van der Waals surface area contributed by atoms with Gasteiger partial charge >= 0.3 is 0 Å². The number of thiazole rings is 1. The van der Waals surface area contributed by atoms with Crippen LogP contribution in [0.4, 0.5) is 5.13 Å². The Balaban J connectivity index is 0.00000324. The van der Waals surface area contributed by atoms with Crippen molar-refractivity contribution >= 4 is 46.4 Å². The smallest absolute Gasteiger partial charge is 0.191 e. The highest BCUT2D eigenvalue weighted by Gasteiger charge is 2.03. The van der Waals surface area contributed by atoms with Crippen LogP contribution in [0.25, 0.3) is 0 Å². The lowest BCUT2D eigenvalue weighted by Gasteiger charge is -2.08. The Hall–Kier alpha value is -0.830. The van der Waals surface area contributed by atoms with Gasteiger partial charge in [-0.2, -0.15) is 0 Å². The average molecular weight is 395 g/mol. The van der Waals surface area contributed by atoms with Crippen molar-refractivity contribution < 1.29 is 0 Å². The quantitative estimate of drug-likeness (QED) is 0.335. The molecule has 1 heterocycles. The first-order valence-corrected chi connectivity index (χ1v) is 6.80. The van der Waals surface area contributed by atoms with E-state index in [0.717, 1.165) is 23.3 Å². The minimum absolute atomic E-state index is 0. The van der Waals surface area contributed by atoms with E-state index in [1.54, 1.807) is 17.4 Å². The van der Waals surface area contributed by atoms with E-state index >= 15 is 0 Å². The lowest BCUT2D eigenvalue weighted by molar-refractivity contribution is 0.854. The van der Waals surface area contributed by atoms with Gasteiger partial charge in [0.15, 0.2) is 11.1 Å². The van der Waals surface area contributed by atoms with Crippen molar-refractivity contribution in [2.75, 3.05) is 32.1 Å². The van der Waals surface area contributed by atoms with E-state index in [1.807, 2.05) is 31.3 Å². The van der Waals surface area contributed by atoms with E-state index in [1.165, 1.54) is 0 Å². The summed E-state index contributed by atoms with van der Waals surface area (Å²) in [6.07, 6.45) is 1.81. The van der Waals surface area contributed by atoms with Crippen molar-refractivity contribution in [2.45, 2.75) is 13.5 Å². The molecule has 0 radical (unpaired) electrons. The first kappa shape index (κ1) is 18.2. The zero-order valence-electron chi connectivity index (χ0n) is 11.6. The number of aliphatic imine (C=N–C) groups is 1. The summed E-state index contributed by atoms with van der Waals surface area (Å²) < 4.78 is 0. The molecule has 0 aliphatic carbocycles. The van der Waals surface area contributed by atoms with Gasteiger partial charge in [0.1, 0.15) is 0 Å². The molecule has 0 saturated carbocycles. The normalized spacial score (nSPS) is 10.6. The maximum absolute atomic E-state index is 4.48. The molecule has 0 fully saturated rings. The summed E-state index contributed by atoms with van der Waals surface area (Å²) in [6, 6.07) is 0. The van der Waals surface area contributed by atoms with Crippen molar-refractivity contribution in [1.29, 1.82) is 0 Å². The zero-order valence-corrected chi connectivity index (χ0v) is 14.8. The third-order valence-corrected chi connectivity index (χ3v) is 3.14. The summed E-state index contributed by atoms with van der Waals surface area (Å²) in [4.78, 5) is 10.9. The van der Waals surface area contributed by atoms with Crippen molar-refractivity contribution in [1.82, 2.24) is 15.6 Å². The van der Waals surface area contributed by atoms with Crippen LogP contribution in [0, 0.1) is 0 Å². The topological polar surface area (TPSA) is 52.6 Å². The molecule has 1 rings (SSSR count). The van der Waals surface area contributed by atoms with Crippen molar-refractivity contribution in [3.8, 4) is 0 Å². The van der Waals surface area contributed by atoms with Gasteiger partial charge in [0, 0.05) is 32.6 Å². The molecule has 108 valence electrons. The van der Waals surface area contributed by atoms with Gasteiger partial charge in [0.2, 0.25) is 0 Å². The van der Waals surface area contributed by atoms with Crippen LogP contribution in [0.2, 0.25) is 0 Å². The van der Waals surface area contributed by atoms with E-state index in [2.05, 4.69) is 27.2 Å². The van der Waals surface area contributed by atoms with Crippen molar-refractivity contribution in [2.24, 2.45) is 4.99 Å². The Morgan fingerprint density at radius 1 is 1.53 bits per heavy atom. The Bertz CT molecular complexity index is 403. The highest BCUT2D eigenvalue weighted by Crippen LogP contribution is 2.18. The number of guanidine groups is 1. The fourth-order valence-corrected chi connectivity index (χ4v) is 1.99. The number of aromatic nitrogens is 1. The lowest BCUT2D eigenvalue weighted by atomic mass is 10.5. The van der Waals surface area contributed by atoms with Gasteiger partial charge in [-0.25, -0.2) is 9.98 Å². The van der Waals surface area contributed by atoms with Gasteiger partial charge in [-0.3, -0.25) is 0 Å². The van der Waals surface area contributed by atoms with Crippen LogP contribution in [-0.4, -0.2) is 38.1 Å². The third kappa shape index (κ3) is 6.76. The molecule has 7 heteroatoms. The molecule has 1 aromatic heterocycles. The van der Waals surface area contributed by atoms with Crippen LogP contribution in [0.3, 0.4) is 0 Å². The van der Waals surface area contributed by atoms with E-state index in [4.69, 9.17) is 0 Å². The van der Waals surface area contributed by atoms with Crippen LogP contribution in [0.15, 0.2) is 23.0 Å². The predicted octanol–water partition coefficient (Wildman–Crippen LogP) is 2.07. The Kier molecular flexibility index (Phi) is 9.58. The molecule has 2 N–H and O–H groups in total. The number of hydrogen-bond acceptors (Lipinski definition) is 4. The number of hydrogen-bond donors (Lipinski definition) is 2. The maximum Gasteiger partial charge on any atom is 0.191 e. The fourth-order valence-electron chi connectivity index (χ4n) is 1.24. The standard InChI is InChI=1S/C12H21N5S.HI/c1-5-7-14-11(13-6-2)15-8-10-9-18-12(16-10)17(3)4;/h5,9H,1,6-8H2,2-4H3,(H2,13,14,15);1H. The molecule has 0 atom stereocenters. The zero-order chi connectivity index (χ0) is 13.4. The Morgan fingerprint density at radius 3 is 2.79 bits per heavy atom. The van der Waals surface area contributed by atoms with Crippen LogP contribution in [-0.2, 0) is 6.54 Å². The highest BCUT2D eigenvalue weighted by atomic mass is 127. The van der Waals surface area contributed by atoms with Crippen LogP contribution >= 0.6 is 35.3 Å². The maximum atomic E-state index is 4.48. The summed E-state index contributed by atoms with van der Waals surface area (Å²) >= 11 is 1.63. The number of nitrogens with zero attached hydrogens (tertiary/aromatic N) is 3. The number of nitrogens with one attached hydrogen (secondary N) is 2. The van der Waals surface area contributed by atoms with E-state index in [-0.39, 0.29) is 24.0 Å². The molecule has 0 spiro atoms. The second-order valence-electron chi connectivity index (χ2n) is 3.88. The predicted molar refractivity (Wildman–Crippen MR) is 94.9 cm³/mol. The average Bonchev–Trinajstić information content (AvgIpc) is 2.81. The molecule has 0 aliphatic heterocycles. The Labute approximate surface area is 136 Å². The largest absolute Gasteiger partial charge is 0.357 e. The van der Waals surface area contributed by atoms with Crippen LogP contribution in [0.1, 0.15) is 12.6 Å². The molecule has 0 unspecified atom stereocenters. The fraction of sp³-hybridized carbons (Fsp3) is 0.500. The molecular weight excluding hydrogens is 373 g/mol. The third-order valence-electron chi connectivity index (χ3n) is 2.08. The first-order valence-electron chi connectivity index (χ1n) is 5.92. The molecule has 0 aliphatic rings. The first-order chi connectivity index (χ1) is 8.67. The molecule has 5 nitrogen and oxygen atoms in total. The molecule has 0 aromatic carbocycles. The van der Waals surface area contributed by atoms with E-state index < -0.39 is 0 Å². The molecule has 19 heavy (non-hydrogen) atoms. The van der Waals surface area contributed by atoms with Gasteiger partial charge in [0.05, 0.1) is 12.2 Å². The minimum atomic E-state index is 0. The molecule has 0 bridgehead atoms. The molecular formula is C12H22IN5S. The van der Waals surface area contributed by atoms with Crippen molar-refractivity contribution in [3.63, 3.8) is 0 Å². The van der Waals surface area contributed by atoms with Crippen LogP contribution in [0.5, 0.6) is 0 Å². The number of rotatable bonds is 6. The SMILES string of the molecule is C=CCNC(=NCc1csc(N(C)C)n1)NCC.I. The highest BCUT2D eigenvalue weighted by molar-refractivity contribution is 14.0. The van der Waals surface area contributed by atoms with Gasteiger partial charge < -0.3 is 15.5 Å². The number of anilines is 1. The van der Waals surface area contributed by atoms with Gasteiger partial charge in [-0.05, 0) is 6.92 Å². The van der Waals surface area contributed by atoms with Gasteiger partial charge in [0.25, 0.3) is 0 Å². The lowest BCUT2D eigenvalue weighted by Crippen LogP contribution is -2.37. The second-order valence-corrected chi connectivity index (χ2v) is 4.72. The monoisotopic (exact) mass is 395 g/mol. The number of halogens is 1. The van der Waals surface area contributed by atoms with Gasteiger partial charge in [-0.15, -0.1) is 41.9 Å². The van der Waals surface area contributed by atoms with Gasteiger partial charge in [-0.1, -0.05) is 6.08 Å². The summed E-state index contributed by atoms with van der Waals surface area (Å²) in [5, 5.41) is 9.37. The summed E-state index contributed by atoms with van der Waals surface area (Å²) in [7, 11) is 3.98. The second kappa shape index (κ2) is 10.0. The molecule has 0 amide bonds. The molecule has 0 saturated heterocycles. The van der Waals surface area contributed by atoms with Crippen LogP contribution < -0.4 is 15.5 Å². The summed E-state index contributed by atoms with van der Waals surface area (Å²) in [6.45, 7) is 7.83.